The summed E-state index contributed by atoms with van der Waals surface area (Å²) in [7, 11) is 1.79. The fraction of sp³-hybridized carbons (Fsp3) is 0.571. The van der Waals surface area contributed by atoms with Gasteiger partial charge in [-0.15, -0.1) is 13.2 Å². The maximum Gasteiger partial charge on any atom is 0.573 e. The van der Waals surface area contributed by atoms with Crippen molar-refractivity contribution >= 4 is 0 Å². The predicted molar refractivity (Wildman–Crippen MR) is 66.9 cm³/mol. The van der Waals surface area contributed by atoms with E-state index in [1.165, 1.54) is 6.07 Å². The molecule has 1 unspecified atom stereocenters. The molecule has 0 aromatic heterocycles. The molecule has 0 heterocycles. The number of hydrogen-bond donors (Lipinski definition) is 1. The minimum atomic E-state index is -4.65. The van der Waals surface area contributed by atoms with Crippen molar-refractivity contribution in [2.45, 2.75) is 38.1 Å². The standard InChI is InChI=1S/C14H18F3NO/c1-18-13(10-6-2-3-7-10)11-8-4-5-9-12(11)19-14(15,16)17/h4-5,8-10,13,18H,2-3,6-7H2,1H3. The zero-order chi connectivity index (χ0) is 13.9. The van der Waals surface area contributed by atoms with Crippen molar-refractivity contribution in [3.63, 3.8) is 0 Å². The van der Waals surface area contributed by atoms with Gasteiger partial charge in [-0.1, -0.05) is 31.0 Å². The molecule has 1 aliphatic carbocycles. The van der Waals surface area contributed by atoms with Crippen LogP contribution in [0.25, 0.3) is 0 Å². The number of alkyl halides is 3. The van der Waals surface area contributed by atoms with Crippen LogP contribution in [0.3, 0.4) is 0 Å². The smallest absolute Gasteiger partial charge is 0.405 e. The number of halogens is 3. The van der Waals surface area contributed by atoms with Crippen molar-refractivity contribution < 1.29 is 17.9 Å². The van der Waals surface area contributed by atoms with E-state index in [1.807, 2.05) is 0 Å². The Morgan fingerprint density at radius 1 is 1.21 bits per heavy atom. The number of hydrogen-bond acceptors (Lipinski definition) is 2. The molecule has 0 amide bonds. The molecular weight excluding hydrogens is 255 g/mol. The highest BCUT2D eigenvalue weighted by Crippen LogP contribution is 2.39. The summed E-state index contributed by atoms with van der Waals surface area (Å²) in [6.45, 7) is 0. The summed E-state index contributed by atoms with van der Waals surface area (Å²) in [6, 6.07) is 6.31. The van der Waals surface area contributed by atoms with Crippen molar-refractivity contribution in [1.29, 1.82) is 0 Å². The molecule has 0 aliphatic heterocycles. The first-order valence-corrected chi connectivity index (χ1v) is 6.53. The molecule has 1 aromatic carbocycles. The fourth-order valence-electron chi connectivity index (χ4n) is 2.89. The lowest BCUT2D eigenvalue weighted by molar-refractivity contribution is -0.275. The molecule has 0 saturated heterocycles. The second-order valence-corrected chi connectivity index (χ2v) is 4.90. The quantitative estimate of drug-likeness (QED) is 0.894. The van der Waals surface area contributed by atoms with Crippen LogP contribution in [-0.2, 0) is 0 Å². The summed E-state index contributed by atoms with van der Waals surface area (Å²) in [4.78, 5) is 0. The van der Waals surface area contributed by atoms with E-state index < -0.39 is 6.36 Å². The average molecular weight is 273 g/mol. The molecule has 1 fully saturated rings. The van der Waals surface area contributed by atoms with Crippen LogP contribution >= 0.6 is 0 Å². The Balaban J connectivity index is 2.26. The van der Waals surface area contributed by atoms with Gasteiger partial charge in [0.25, 0.3) is 0 Å². The second kappa shape index (κ2) is 5.82. The highest BCUT2D eigenvalue weighted by atomic mass is 19.4. The summed E-state index contributed by atoms with van der Waals surface area (Å²) in [5.41, 5.74) is 0.592. The molecule has 1 aromatic rings. The maximum absolute atomic E-state index is 12.4. The lowest BCUT2D eigenvalue weighted by atomic mass is 9.91. The Morgan fingerprint density at radius 2 is 1.84 bits per heavy atom. The van der Waals surface area contributed by atoms with Crippen LogP contribution in [0.1, 0.15) is 37.3 Å². The molecule has 0 bridgehead atoms. The van der Waals surface area contributed by atoms with Crippen LogP contribution in [-0.4, -0.2) is 13.4 Å². The topological polar surface area (TPSA) is 21.3 Å². The number of para-hydroxylation sites is 1. The SMILES string of the molecule is CNC(c1ccccc1OC(F)(F)F)C1CCCC1. The van der Waals surface area contributed by atoms with Gasteiger partial charge in [-0.05, 0) is 31.9 Å². The van der Waals surface area contributed by atoms with Gasteiger partial charge in [0.2, 0.25) is 0 Å². The highest BCUT2D eigenvalue weighted by molar-refractivity contribution is 5.36. The van der Waals surface area contributed by atoms with E-state index in [9.17, 15) is 13.2 Å². The van der Waals surface area contributed by atoms with Gasteiger partial charge in [-0.3, -0.25) is 0 Å². The van der Waals surface area contributed by atoms with Crippen molar-refractivity contribution in [2.75, 3.05) is 7.05 Å². The molecule has 1 N–H and O–H groups in total. The third-order valence-corrected chi connectivity index (χ3v) is 3.66. The van der Waals surface area contributed by atoms with E-state index in [0.717, 1.165) is 25.7 Å². The Kier molecular flexibility index (Phi) is 4.34. The Hall–Kier alpha value is -1.23. The van der Waals surface area contributed by atoms with E-state index in [2.05, 4.69) is 10.1 Å². The van der Waals surface area contributed by atoms with Crippen molar-refractivity contribution in [2.24, 2.45) is 5.92 Å². The summed E-state index contributed by atoms with van der Waals surface area (Å²) < 4.78 is 41.4. The predicted octanol–water partition coefficient (Wildman–Crippen LogP) is 4.04. The molecule has 2 rings (SSSR count). The van der Waals surface area contributed by atoms with Gasteiger partial charge in [0.05, 0.1) is 0 Å². The molecule has 106 valence electrons. The largest absolute Gasteiger partial charge is 0.573 e. The van der Waals surface area contributed by atoms with E-state index in [4.69, 9.17) is 0 Å². The Bertz CT molecular complexity index is 413. The van der Waals surface area contributed by atoms with Crippen molar-refractivity contribution in [3.8, 4) is 5.75 Å². The second-order valence-electron chi connectivity index (χ2n) is 4.90. The van der Waals surface area contributed by atoms with Crippen LogP contribution in [0.15, 0.2) is 24.3 Å². The summed E-state index contributed by atoms with van der Waals surface area (Å²) in [5.74, 6) is 0.282. The fourth-order valence-corrected chi connectivity index (χ4v) is 2.89. The number of ether oxygens (including phenoxy) is 1. The summed E-state index contributed by atoms with van der Waals surface area (Å²) in [5, 5.41) is 3.14. The minimum Gasteiger partial charge on any atom is -0.405 e. The van der Waals surface area contributed by atoms with Gasteiger partial charge in [-0.25, -0.2) is 0 Å². The molecule has 1 atom stereocenters. The van der Waals surface area contributed by atoms with Crippen LogP contribution in [0.4, 0.5) is 13.2 Å². The maximum atomic E-state index is 12.4. The lowest BCUT2D eigenvalue weighted by Crippen LogP contribution is -2.26. The third kappa shape index (κ3) is 3.62. The van der Waals surface area contributed by atoms with Crippen LogP contribution in [0, 0.1) is 5.92 Å². The number of benzene rings is 1. The van der Waals surface area contributed by atoms with E-state index in [1.54, 1.807) is 25.2 Å². The zero-order valence-corrected chi connectivity index (χ0v) is 10.8. The molecular formula is C14H18F3NO. The lowest BCUT2D eigenvalue weighted by Gasteiger charge is -2.25. The molecule has 1 saturated carbocycles. The average Bonchev–Trinajstić information content (AvgIpc) is 2.84. The van der Waals surface area contributed by atoms with Gasteiger partial charge in [0, 0.05) is 11.6 Å². The van der Waals surface area contributed by atoms with E-state index in [0.29, 0.717) is 11.5 Å². The first-order valence-electron chi connectivity index (χ1n) is 6.53. The zero-order valence-electron chi connectivity index (χ0n) is 10.8. The van der Waals surface area contributed by atoms with Crippen molar-refractivity contribution in [1.82, 2.24) is 5.32 Å². The third-order valence-electron chi connectivity index (χ3n) is 3.66. The van der Waals surface area contributed by atoms with Gasteiger partial charge in [0.1, 0.15) is 5.75 Å². The van der Waals surface area contributed by atoms with Gasteiger partial charge in [0.15, 0.2) is 0 Å². The Labute approximate surface area is 111 Å². The first-order chi connectivity index (χ1) is 9.01. The molecule has 0 radical (unpaired) electrons. The summed E-state index contributed by atoms with van der Waals surface area (Å²) >= 11 is 0. The van der Waals surface area contributed by atoms with E-state index in [-0.39, 0.29) is 11.8 Å². The molecule has 5 heteroatoms. The van der Waals surface area contributed by atoms with Crippen LogP contribution in [0.2, 0.25) is 0 Å². The van der Waals surface area contributed by atoms with Crippen LogP contribution < -0.4 is 10.1 Å². The number of nitrogens with one attached hydrogen (secondary N) is 1. The molecule has 19 heavy (non-hydrogen) atoms. The first kappa shape index (κ1) is 14.2. The number of rotatable bonds is 4. The van der Waals surface area contributed by atoms with Crippen molar-refractivity contribution in [3.05, 3.63) is 29.8 Å². The van der Waals surface area contributed by atoms with E-state index >= 15 is 0 Å². The molecule has 2 nitrogen and oxygen atoms in total. The minimum absolute atomic E-state index is 0.0824. The van der Waals surface area contributed by atoms with Gasteiger partial charge >= 0.3 is 6.36 Å². The van der Waals surface area contributed by atoms with Gasteiger partial charge < -0.3 is 10.1 Å². The normalized spacial score (nSPS) is 18.5. The Morgan fingerprint density at radius 3 is 2.42 bits per heavy atom. The van der Waals surface area contributed by atoms with Crippen LogP contribution in [0.5, 0.6) is 5.75 Å². The monoisotopic (exact) mass is 273 g/mol. The summed E-state index contributed by atoms with van der Waals surface area (Å²) in [6.07, 6.45) is -0.266. The molecule has 0 spiro atoms. The highest BCUT2D eigenvalue weighted by Gasteiger charge is 2.34. The van der Waals surface area contributed by atoms with Gasteiger partial charge in [-0.2, -0.15) is 0 Å². The molecule has 1 aliphatic rings.